The van der Waals surface area contributed by atoms with Gasteiger partial charge in [-0.05, 0) is 37.3 Å². The van der Waals surface area contributed by atoms with Gasteiger partial charge in [0.1, 0.15) is 5.82 Å². The van der Waals surface area contributed by atoms with Crippen LogP contribution in [0.25, 0.3) is 0 Å². The number of nitrogens with one attached hydrogen (secondary N) is 1. The number of hydrogen-bond donors (Lipinski definition) is 2. The smallest absolute Gasteiger partial charge is 0.225 e. The quantitative estimate of drug-likeness (QED) is 0.652. The molecule has 3 nitrogen and oxygen atoms in total. The highest BCUT2D eigenvalue weighted by Gasteiger charge is 2.07. The summed E-state index contributed by atoms with van der Waals surface area (Å²) in [7, 11) is 0. The molecule has 0 saturated carbocycles. The zero-order chi connectivity index (χ0) is 15.2. The van der Waals surface area contributed by atoms with Crippen LogP contribution in [0.1, 0.15) is 12.0 Å². The number of carbonyl (C=O) groups excluding carboxylic acids is 1. The van der Waals surface area contributed by atoms with Gasteiger partial charge < -0.3 is 11.1 Å². The lowest BCUT2D eigenvalue weighted by atomic mass is 10.2. The van der Waals surface area contributed by atoms with E-state index in [2.05, 4.69) is 11.4 Å². The van der Waals surface area contributed by atoms with Crippen molar-refractivity contribution in [2.24, 2.45) is 0 Å². The molecule has 110 valence electrons. The highest BCUT2D eigenvalue weighted by molar-refractivity contribution is 7.99. The fourth-order valence-corrected chi connectivity index (χ4v) is 2.79. The molecule has 0 unspecified atom stereocenters. The molecule has 0 radical (unpaired) electrons. The summed E-state index contributed by atoms with van der Waals surface area (Å²) >= 11 is 1.60. The van der Waals surface area contributed by atoms with Gasteiger partial charge in [0.2, 0.25) is 5.91 Å². The average molecular weight is 304 g/mol. The second-order valence-electron chi connectivity index (χ2n) is 4.70. The molecule has 2 aromatic carbocycles. The summed E-state index contributed by atoms with van der Waals surface area (Å²) in [6.07, 6.45) is 0.312. The summed E-state index contributed by atoms with van der Waals surface area (Å²) in [4.78, 5) is 12.9. The molecule has 21 heavy (non-hydrogen) atoms. The Morgan fingerprint density at radius 2 is 2.10 bits per heavy atom. The molecule has 2 aromatic rings. The van der Waals surface area contributed by atoms with Gasteiger partial charge in [0, 0.05) is 22.8 Å². The number of halogens is 1. The van der Waals surface area contributed by atoms with E-state index in [9.17, 15) is 9.18 Å². The average Bonchev–Trinajstić information content (AvgIpc) is 2.43. The molecule has 0 fully saturated rings. The monoisotopic (exact) mass is 304 g/mol. The number of nitrogens with two attached hydrogens (primary N) is 1. The van der Waals surface area contributed by atoms with Crippen LogP contribution in [-0.2, 0) is 4.79 Å². The standard InChI is InChI=1S/C16H17FN2OS/c1-11-3-2-4-13(9-11)21-8-7-16(20)19-15-10-12(18)5-6-14(15)17/h2-6,9-10H,7-8,18H2,1H3,(H,19,20). The Morgan fingerprint density at radius 3 is 2.86 bits per heavy atom. The Kier molecular flexibility index (Phi) is 5.22. The van der Waals surface area contributed by atoms with Gasteiger partial charge in [0.15, 0.2) is 0 Å². The van der Waals surface area contributed by atoms with Crippen LogP contribution in [0.15, 0.2) is 47.4 Å². The number of thioether (sulfide) groups is 1. The molecule has 1 amide bonds. The van der Waals surface area contributed by atoms with E-state index in [1.54, 1.807) is 11.8 Å². The van der Waals surface area contributed by atoms with E-state index in [-0.39, 0.29) is 11.6 Å². The van der Waals surface area contributed by atoms with Crippen molar-refractivity contribution in [2.45, 2.75) is 18.2 Å². The van der Waals surface area contributed by atoms with Gasteiger partial charge in [-0.25, -0.2) is 4.39 Å². The Hall–Kier alpha value is -2.01. The maximum atomic E-state index is 13.5. The lowest BCUT2D eigenvalue weighted by Gasteiger charge is -2.07. The molecule has 0 aliphatic heterocycles. The van der Waals surface area contributed by atoms with Crippen LogP contribution in [0.2, 0.25) is 0 Å². The molecule has 2 rings (SSSR count). The first kappa shape index (κ1) is 15.4. The summed E-state index contributed by atoms with van der Waals surface area (Å²) in [5, 5.41) is 2.54. The van der Waals surface area contributed by atoms with Crippen LogP contribution in [-0.4, -0.2) is 11.7 Å². The minimum absolute atomic E-state index is 0.126. The SMILES string of the molecule is Cc1cccc(SCCC(=O)Nc2cc(N)ccc2F)c1. The molecule has 0 heterocycles. The largest absolute Gasteiger partial charge is 0.399 e. The van der Waals surface area contributed by atoms with Gasteiger partial charge in [-0.2, -0.15) is 0 Å². The second kappa shape index (κ2) is 7.13. The van der Waals surface area contributed by atoms with Gasteiger partial charge in [-0.1, -0.05) is 17.7 Å². The lowest BCUT2D eigenvalue weighted by Crippen LogP contribution is -2.13. The Bertz CT molecular complexity index is 646. The van der Waals surface area contributed by atoms with E-state index < -0.39 is 5.82 Å². The van der Waals surface area contributed by atoms with Crippen LogP contribution < -0.4 is 11.1 Å². The van der Waals surface area contributed by atoms with E-state index in [0.29, 0.717) is 17.9 Å². The van der Waals surface area contributed by atoms with Crippen LogP contribution in [0.5, 0.6) is 0 Å². The summed E-state index contributed by atoms with van der Waals surface area (Å²) in [5.41, 5.74) is 7.30. The first-order valence-corrected chi connectivity index (χ1v) is 7.57. The Balaban J connectivity index is 1.84. The molecular weight excluding hydrogens is 287 g/mol. The van der Waals surface area contributed by atoms with Crippen molar-refractivity contribution in [3.63, 3.8) is 0 Å². The van der Waals surface area contributed by atoms with Crippen LogP contribution in [0.3, 0.4) is 0 Å². The first-order chi connectivity index (χ1) is 10.0. The van der Waals surface area contributed by atoms with Gasteiger partial charge in [-0.3, -0.25) is 4.79 Å². The highest BCUT2D eigenvalue weighted by atomic mass is 32.2. The maximum Gasteiger partial charge on any atom is 0.225 e. The van der Waals surface area contributed by atoms with E-state index in [4.69, 9.17) is 5.73 Å². The van der Waals surface area contributed by atoms with E-state index in [1.165, 1.54) is 23.8 Å². The maximum absolute atomic E-state index is 13.5. The Labute approximate surface area is 127 Å². The van der Waals surface area contributed by atoms with E-state index in [0.717, 1.165) is 4.90 Å². The first-order valence-electron chi connectivity index (χ1n) is 6.59. The Morgan fingerprint density at radius 1 is 1.29 bits per heavy atom. The predicted molar refractivity (Wildman–Crippen MR) is 86.0 cm³/mol. The van der Waals surface area contributed by atoms with Crippen molar-refractivity contribution in [3.05, 3.63) is 53.8 Å². The number of benzene rings is 2. The molecule has 0 aliphatic carbocycles. The van der Waals surface area contributed by atoms with Crippen LogP contribution >= 0.6 is 11.8 Å². The van der Waals surface area contributed by atoms with Gasteiger partial charge in [-0.15, -0.1) is 11.8 Å². The number of aryl methyl sites for hydroxylation is 1. The third-order valence-corrected chi connectivity index (χ3v) is 3.85. The molecule has 0 bridgehead atoms. The van der Waals surface area contributed by atoms with Gasteiger partial charge in [0.25, 0.3) is 0 Å². The number of rotatable bonds is 5. The third kappa shape index (κ3) is 4.79. The van der Waals surface area contributed by atoms with E-state index in [1.807, 2.05) is 25.1 Å². The molecule has 0 spiro atoms. The summed E-state index contributed by atoms with van der Waals surface area (Å²) in [6.45, 7) is 2.03. The molecule has 3 N–H and O–H groups in total. The minimum atomic E-state index is -0.483. The topological polar surface area (TPSA) is 55.1 Å². The van der Waals surface area contributed by atoms with E-state index >= 15 is 0 Å². The van der Waals surface area contributed by atoms with Crippen molar-refractivity contribution >= 4 is 29.0 Å². The zero-order valence-corrected chi connectivity index (χ0v) is 12.5. The van der Waals surface area contributed by atoms with Crippen molar-refractivity contribution in [1.29, 1.82) is 0 Å². The van der Waals surface area contributed by atoms with Crippen molar-refractivity contribution in [3.8, 4) is 0 Å². The fraction of sp³-hybridized carbons (Fsp3) is 0.188. The van der Waals surface area contributed by atoms with Gasteiger partial charge in [0.05, 0.1) is 5.69 Å². The minimum Gasteiger partial charge on any atom is -0.399 e. The zero-order valence-electron chi connectivity index (χ0n) is 11.7. The van der Waals surface area contributed by atoms with Crippen LogP contribution in [0, 0.1) is 12.7 Å². The van der Waals surface area contributed by atoms with Crippen molar-refractivity contribution in [2.75, 3.05) is 16.8 Å². The molecule has 0 atom stereocenters. The number of amides is 1. The summed E-state index contributed by atoms with van der Waals surface area (Å²) < 4.78 is 13.5. The molecular formula is C16H17FN2OS. The normalized spacial score (nSPS) is 10.4. The van der Waals surface area contributed by atoms with Crippen molar-refractivity contribution < 1.29 is 9.18 Å². The molecule has 0 aromatic heterocycles. The summed E-state index contributed by atoms with van der Waals surface area (Å²) in [5.74, 6) is -0.0669. The fourth-order valence-electron chi connectivity index (χ4n) is 1.82. The second-order valence-corrected chi connectivity index (χ2v) is 5.87. The summed E-state index contributed by atoms with van der Waals surface area (Å²) in [6, 6.07) is 12.2. The third-order valence-electron chi connectivity index (χ3n) is 2.85. The lowest BCUT2D eigenvalue weighted by molar-refractivity contribution is -0.115. The molecule has 0 saturated heterocycles. The number of nitrogen functional groups attached to an aromatic ring is 1. The number of hydrogen-bond acceptors (Lipinski definition) is 3. The predicted octanol–water partition coefficient (Wildman–Crippen LogP) is 3.84. The highest BCUT2D eigenvalue weighted by Crippen LogP contribution is 2.21. The molecule has 5 heteroatoms. The molecule has 0 aliphatic rings. The van der Waals surface area contributed by atoms with Gasteiger partial charge >= 0.3 is 0 Å². The van der Waals surface area contributed by atoms with Crippen LogP contribution in [0.4, 0.5) is 15.8 Å². The van der Waals surface area contributed by atoms with Crippen molar-refractivity contribution in [1.82, 2.24) is 0 Å². The number of carbonyl (C=O) groups is 1. The number of anilines is 2.